The summed E-state index contributed by atoms with van der Waals surface area (Å²) in [7, 11) is 3.14. The topological polar surface area (TPSA) is 123 Å². The predicted molar refractivity (Wildman–Crippen MR) is 134 cm³/mol. The molecule has 3 N–H and O–H groups in total. The monoisotopic (exact) mass is 484 g/mol. The molecule has 1 atom stereocenters. The summed E-state index contributed by atoms with van der Waals surface area (Å²) >= 11 is 0. The molecule has 2 aromatic carbocycles. The second kappa shape index (κ2) is 9.41. The van der Waals surface area contributed by atoms with E-state index in [0.717, 1.165) is 11.1 Å². The number of rotatable bonds is 6. The van der Waals surface area contributed by atoms with Gasteiger partial charge in [-0.25, -0.2) is 4.68 Å². The van der Waals surface area contributed by atoms with Crippen LogP contribution in [0.15, 0.2) is 78.3 Å². The third-order valence-electron chi connectivity index (χ3n) is 5.87. The normalized spacial score (nSPS) is 14.6. The van der Waals surface area contributed by atoms with Gasteiger partial charge in [-0.15, -0.1) is 5.10 Å². The van der Waals surface area contributed by atoms with Crippen LogP contribution in [0, 0.1) is 0 Å². The first-order valence-corrected chi connectivity index (χ1v) is 11.2. The molecule has 2 aromatic heterocycles. The molecule has 0 bridgehead atoms. The number of pyridine rings is 1. The number of hydrogen-bond acceptors (Lipinski definition) is 8. The molecule has 36 heavy (non-hydrogen) atoms. The number of allylic oxidation sites excluding steroid dienone is 1. The number of carbonyl (C=O) groups is 1. The van der Waals surface area contributed by atoms with E-state index in [1.807, 2.05) is 13.0 Å². The van der Waals surface area contributed by atoms with Crippen molar-refractivity contribution >= 4 is 17.5 Å². The lowest BCUT2D eigenvalue weighted by atomic mass is 9.95. The van der Waals surface area contributed by atoms with Crippen LogP contribution in [0.1, 0.15) is 18.5 Å². The number of aromatic nitrogens is 4. The molecule has 0 spiro atoms. The number of carbonyl (C=O) groups excluding carboxylic acids is 1. The summed E-state index contributed by atoms with van der Waals surface area (Å²) in [4.78, 5) is 22.3. The fourth-order valence-electron chi connectivity index (χ4n) is 4.14. The van der Waals surface area contributed by atoms with E-state index >= 15 is 0 Å². The summed E-state index contributed by atoms with van der Waals surface area (Å²) < 4.78 is 12.4. The van der Waals surface area contributed by atoms with Crippen LogP contribution in [-0.2, 0) is 4.79 Å². The number of phenols is 1. The Balaban J connectivity index is 1.59. The Morgan fingerprint density at radius 1 is 1.08 bits per heavy atom. The molecule has 0 aliphatic carbocycles. The number of amides is 1. The van der Waals surface area contributed by atoms with Gasteiger partial charge in [0.05, 0.1) is 31.7 Å². The highest BCUT2D eigenvalue weighted by Gasteiger charge is 2.34. The van der Waals surface area contributed by atoms with Crippen LogP contribution in [-0.4, -0.2) is 45.0 Å². The van der Waals surface area contributed by atoms with Gasteiger partial charge in [0, 0.05) is 17.5 Å². The zero-order valence-corrected chi connectivity index (χ0v) is 19.9. The quantitative estimate of drug-likeness (QED) is 0.375. The molecule has 10 heteroatoms. The first kappa shape index (κ1) is 22.9. The van der Waals surface area contributed by atoms with Crippen LogP contribution in [0.4, 0.5) is 11.6 Å². The van der Waals surface area contributed by atoms with Crippen LogP contribution in [0.2, 0.25) is 0 Å². The summed E-state index contributed by atoms with van der Waals surface area (Å²) in [5, 5.41) is 20.7. The maximum Gasteiger partial charge on any atom is 0.255 e. The van der Waals surface area contributed by atoms with E-state index in [2.05, 4.69) is 15.6 Å². The Bertz CT molecular complexity index is 1450. The van der Waals surface area contributed by atoms with Crippen molar-refractivity contribution in [1.82, 2.24) is 19.7 Å². The number of aromatic hydroxyl groups is 1. The minimum atomic E-state index is -0.597. The largest absolute Gasteiger partial charge is 0.508 e. The Kier molecular flexibility index (Phi) is 5.99. The van der Waals surface area contributed by atoms with E-state index in [1.165, 1.54) is 0 Å². The van der Waals surface area contributed by atoms with Gasteiger partial charge in [0.15, 0.2) is 17.3 Å². The van der Waals surface area contributed by atoms with Gasteiger partial charge in [0.2, 0.25) is 5.95 Å². The second-order valence-corrected chi connectivity index (χ2v) is 8.13. The highest BCUT2D eigenvalue weighted by atomic mass is 16.5. The van der Waals surface area contributed by atoms with Crippen LogP contribution in [0.5, 0.6) is 17.2 Å². The number of fused-ring (bicyclic) bond motifs is 1. The van der Waals surface area contributed by atoms with Crippen molar-refractivity contribution in [1.29, 1.82) is 0 Å². The van der Waals surface area contributed by atoms with Crippen molar-refractivity contribution in [3.05, 3.63) is 83.8 Å². The third kappa shape index (κ3) is 4.20. The van der Waals surface area contributed by atoms with E-state index in [4.69, 9.17) is 19.6 Å². The molecule has 0 radical (unpaired) electrons. The lowest BCUT2D eigenvalue weighted by Crippen LogP contribution is -2.31. The smallest absolute Gasteiger partial charge is 0.255 e. The molecule has 4 aromatic rings. The van der Waals surface area contributed by atoms with Crippen LogP contribution < -0.4 is 20.1 Å². The number of benzene rings is 2. The number of phenolic OH excluding ortho intramolecular Hbond substituents is 1. The minimum absolute atomic E-state index is 0.125. The van der Waals surface area contributed by atoms with Gasteiger partial charge in [-0.3, -0.25) is 9.78 Å². The van der Waals surface area contributed by atoms with Crippen molar-refractivity contribution in [2.45, 2.75) is 13.0 Å². The maximum atomic E-state index is 13.5. The number of nitrogens with zero attached hydrogens (tertiary/aromatic N) is 4. The molecule has 182 valence electrons. The number of methoxy groups -OCH3 is 2. The van der Waals surface area contributed by atoms with Crippen LogP contribution in [0.3, 0.4) is 0 Å². The fourth-order valence-corrected chi connectivity index (χ4v) is 4.14. The highest BCUT2D eigenvalue weighted by molar-refractivity contribution is 6.05. The SMILES string of the molecule is COc1ccc(-c2nc3n(n2)C(c2ccc(O)cc2)C(C(=O)Nc2cccnc2)=C(C)N3)cc1OC. The van der Waals surface area contributed by atoms with E-state index in [-0.39, 0.29) is 11.7 Å². The summed E-state index contributed by atoms with van der Waals surface area (Å²) in [6.07, 6.45) is 3.22. The molecule has 1 amide bonds. The van der Waals surface area contributed by atoms with Crippen molar-refractivity contribution in [2.75, 3.05) is 24.9 Å². The number of nitrogens with one attached hydrogen (secondary N) is 2. The minimum Gasteiger partial charge on any atom is -0.508 e. The molecule has 1 aliphatic rings. The van der Waals surface area contributed by atoms with Gasteiger partial charge in [-0.05, 0) is 55.0 Å². The van der Waals surface area contributed by atoms with Crippen LogP contribution in [0.25, 0.3) is 11.4 Å². The lowest BCUT2D eigenvalue weighted by molar-refractivity contribution is -0.113. The van der Waals surface area contributed by atoms with Gasteiger partial charge in [0.1, 0.15) is 11.8 Å². The van der Waals surface area contributed by atoms with Gasteiger partial charge in [-0.2, -0.15) is 4.98 Å². The molecule has 10 nitrogen and oxygen atoms in total. The van der Waals surface area contributed by atoms with Crippen molar-refractivity contribution in [3.8, 4) is 28.6 Å². The number of ether oxygens (including phenoxy) is 2. The Hall–Kier alpha value is -4.86. The van der Waals surface area contributed by atoms with E-state index in [0.29, 0.717) is 40.2 Å². The van der Waals surface area contributed by atoms with Crippen molar-refractivity contribution < 1.29 is 19.4 Å². The van der Waals surface area contributed by atoms with Gasteiger partial charge < -0.3 is 25.2 Å². The molecule has 1 aliphatic heterocycles. The summed E-state index contributed by atoms with van der Waals surface area (Å²) in [6.45, 7) is 1.82. The first-order chi connectivity index (χ1) is 17.5. The van der Waals surface area contributed by atoms with Gasteiger partial charge >= 0.3 is 0 Å². The Morgan fingerprint density at radius 2 is 1.86 bits per heavy atom. The standard InChI is InChI=1S/C26H24N6O4/c1-15-22(25(34)29-18-5-4-12-27-14-18)23(16-6-9-19(33)10-7-16)32-26(28-15)30-24(31-32)17-8-11-20(35-2)21(13-17)36-3/h4-14,23,33H,1-3H3,(H,29,34)(H,28,30,31). The average molecular weight is 485 g/mol. The van der Waals surface area contributed by atoms with Crippen molar-refractivity contribution in [3.63, 3.8) is 0 Å². The molecule has 1 unspecified atom stereocenters. The first-order valence-electron chi connectivity index (χ1n) is 11.2. The third-order valence-corrected chi connectivity index (χ3v) is 5.87. The van der Waals surface area contributed by atoms with E-state index in [1.54, 1.807) is 79.8 Å². The highest BCUT2D eigenvalue weighted by Crippen LogP contribution is 2.38. The molecule has 0 saturated carbocycles. The summed E-state index contributed by atoms with van der Waals surface area (Å²) in [5.74, 6) is 1.89. The number of anilines is 2. The molecule has 3 heterocycles. The molecule has 5 rings (SSSR count). The Labute approximate surface area is 207 Å². The lowest BCUT2D eigenvalue weighted by Gasteiger charge is -2.28. The molecular weight excluding hydrogens is 460 g/mol. The van der Waals surface area contributed by atoms with Crippen LogP contribution >= 0.6 is 0 Å². The van der Waals surface area contributed by atoms with E-state index in [9.17, 15) is 9.90 Å². The van der Waals surface area contributed by atoms with E-state index < -0.39 is 6.04 Å². The zero-order valence-electron chi connectivity index (χ0n) is 19.9. The number of hydrogen-bond donors (Lipinski definition) is 3. The maximum absolute atomic E-state index is 13.5. The predicted octanol–water partition coefficient (Wildman–Crippen LogP) is 3.99. The summed E-state index contributed by atoms with van der Waals surface area (Å²) in [5.41, 5.74) is 3.14. The Morgan fingerprint density at radius 3 is 2.56 bits per heavy atom. The average Bonchev–Trinajstić information content (AvgIpc) is 3.32. The fraction of sp³-hybridized carbons (Fsp3) is 0.154. The molecule has 0 fully saturated rings. The summed E-state index contributed by atoms with van der Waals surface area (Å²) in [6, 6.07) is 15.0. The zero-order chi connectivity index (χ0) is 25.2. The van der Waals surface area contributed by atoms with Gasteiger partial charge in [-0.1, -0.05) is 12.1 Å². The second-order valence-electron chi connectivity index (χ2n) is 8.13. The molecular formula is C26H24N6O4. The molecule has 0 saturated heterocycles. The van der Waals surface area contributed by atoms with Gasteiger partial charge in [0.25, 0.3) is 5.91 Å². The van der Waals surface area contributed by atoms with Crippen molar-refractivity contribution in [2.24, 2.45) is 0 Å².